The van der Waals surface area contributed by atoms with Gasteiger partial charge in [-0.2, -0.15) is 0 Å². The number of rotatable bonds is 7. The molecule has 0 atom stereocenters. The van der Waals surface area contributed by atoms with Crippen LogP contribution in [-0.4, -0.2) is 28.5 Å². The first-order valence-electron chi connectivity index (χ1n) is 8.94. The third-order valence-electron chi connectivity index (χ3n) is 3.96. The largest absolute Gasteiger partial charge is 0.462 e. The molecule has 0 saturated heterocycles. The minimum absolute atomic E-state index is 0.227. The number of esters is 1. The predicted molar refractivity (Wildman–Crippen MR) is 106 cm³/mol. The smallest absolute Gasteiger partial charge is 0.338 e. The summed E-state index contributed by atoms with van der Waals surface area (Å²) in [4.78, 5) is 32.1. The van der Waals surface area contributed by atoms with Gasteiger partial charge in [-0.05, 0) is 37.3 Å². The molecule has 0 fully saturated rings. The molecule has 1 heterocycles. The van der Waals surface area contributed by atoms with Gasteiger partial charge in [0.2, 0.25) is 5.95 Å². The number of carbonyl (C=O) groups is 2. The fourth-order valence-corrected chi connectivity index (χ4v) is 2.46. The van der Waals surface area contributed by atoms with Gasteiger partial charge in [-0.15, -0.1) is 0 Å². The monoisotopic (exact) mass is 394 g/mol. The first-order valence-corrected chi connectivity index (χ1v) is 8.94. The molecule has 3 rings (SSSR count). The minimum Gasteiger partial charge on any atom is -0.462 e. The summed E-state index contributed by atoms with van der Waals surface area (Å²) >= 11 is 0. The van der Waals surface area contributed by atoms with Crippen molar-refractivity contribution < 1.29 is 18.7 Å². The van der Waals surface area contributed by atoms with Crippen molar-refractivity contribution in [3.63, 3.8) is 0 Å². The van der Waals surface area contributed by atoms with Crippen molar-refractivity contribution in [2.24, 2.45) is 0 Å². The Labute approximate surface area is 167 Å². The molecule has 3 aromatic rings. The van der Waals surface area contributed by atoms with Crippen LogP contribution >= 0.6 is 0 Å². The number of hydrogen-bond acceptors (Lipinski definition) is 6. The van der Waals surface area contributed by atoms with Gasteiger partial charge in [0.15, 0.2) is 0 Å². The number of aromatic nitrogens is 2. The summed E-state index contributed by atoms with van der Waals surface area (Å²) in [6, 6.07) is 12.8. The molecule has 0 saturated carbocycles. The second-order valence-corrected chi connectivity index (χ2v) is 5.99. The van der Waals surface area contributed by atoms with Crippen LogP contribution in [0.5, 0.6) is 0 Å². The van der Waals surface area contributed by atoms with E-state index < -0.39 is 11.9 Å². The number of benzene rings is 2. The Morgan fingerprint density at radius 3 is 2.34 bits per heavy atom. The molecule has 2 N–H and O–H groups in total. The molecule has 2 aromatic carbocycles. The lowest BCUT2D eigenvalue weighted by Crippen LogP contribution is -2.14. The zero-order valence-corrected chi connectivity index (χ0v) is 15.7. The van der Waals surface area contributed by atoms with Gasteiger partial charge in [0.1, 0.15) is 5.82 Å². The summed E-state index contributed by atoms with van der Waals surface area (Å²) in [6.45, 7) is 2.25. The quantitative estimate of drug-likeness (QED) is 0.594. The lowest BCUT2D eigenvalue weighted by atomic mass is 10.2. The average Bonchev–Trinajstić information content (AvgIpc) is 2.74. The SMILES string of the molecule is CCOC(=O)c1ccc(NC(=O)c2cnc(NCc3ccccc3F)nc2)cc1. The highest BCUT2D eigenvalue weighted by Crippen LogP contribution is 2.13. The van der Waals surface area contributed by atoms with Gasteiger partial charge in [0.25, 0.3) is 5.91 Å². The highest BCUT2D eigenvalue weighted by Gasteiger charge is 2.10. The maximum atomic E-state index is 13.6. The lowest BCUT2D eigenvalue weighted by Gasteiger charge is -2.08. The van der Waals surface area contributed by atoms with Crippen molar-refractivity contribution in [1.29, 1.82) is 0 Å². The first-order chi connectivity index (χ1) is 14.1. The second kappa shape index (κ2) is 9.41. The van der Waals surface area contributed by atoms with Crippen molar-refractivity contribution in [3.8, 4) is 0 Å². The highest BCUT2D eigenvalue weighted by molar-refractivity contribution is 6.04. The number of anilines is 2. The van der Waals surface area contributed by atoms with E-state index in [-0.39, 0.29) is 23.9 Å². The van der Waals surface area contributed by atoms with Crippen LogP contribution in [0.2, 0.25) is 0 Å². The molecular formula is C21H19FN4O3. The van der Waals surface area contributed by atoms with Gasteiger partial charge in [-0.25, -0.2) is 19.2 Å². The number of halogens is 1. The van der Waals surface area contributed by atoms with Crippen molar-refractivity contribution >= 4 is 23.5 Å². The predicted octanol–water partition coefficient (Wildman–Crippen LogP) is 3.66. The van der Waals surface area contributed by atoms with Crippen molar-refractivity contribution in [2.75, 3.05) is 17.2 Å². The first kappa shape index (κ1) is 19.9. The number of amides is 1. The van der Waals surface area contributed by atoms with Crippen LogP contribution in [0.3, 0.4) is 0 Å². The Hall–Kier alpha value is -3.81. The van der Waals surface area contributed by atoms with E-state index in [1.807, 2.05) is 0 Å². The van der Waals surface area contributed by atoms with Gasteiger partial charge in [0.05, 0.1) is 17.7 Å². The van der Waals surface area contributed by atoms with Gasteiger partial charge < -0.3 is 15.4 Å². The third kappa shape index (κ3) is 5.35. The van der Waals surface area contributed by atoms with E-state index in [0.717, 1.165) is 0 Å². The molecule has 0 spiro atoms. The summed E-state index contributed by atoms with van der Waals surface area (Å²) < 4.78 is 18.5. The average molecular weight is 394 g/mol. The van der Waals surface area contributed by atoms with E-state index in [4.69, 9.17) is 4.74 Å². The zero-order valence-electron chi connectivity index (χ0n) is 15.7. The molecule has 1 aromatic heterocycles. The number of hydrogen-bond donors (Lipinski definition) is 2. The van der Waals surface area contributed by atoms with Gasteiger partial charge >= 0.3 is 5.97 Å². The summed E-state index contributed by atoms with van der Waals surface area (Å²) in [7, 11) is 0. The molecule has 0 aliphatic rings. The van der Waals surface area contributed by atoms with Crippen LogP contribution in [0.25, 0.3) is 0 Å². The molecule has 29 heavy (non-hydrogen) atoms. The van der Waals surface area contributed by atoms with Crippen LogP contribution in [0, 0.1) is 5.82 Å². The van der Waals surface area contributed by atoms with Gasteiger partial charge in [-0.1, -0.05) is 18.2 Å². The zero-order chi connectivity index (χ0) is 20.6. The van der Waals surface area contributed by atoms with E-state index in [2.05, 4.69) is 20.6 Å². The van der Waals surface area contributed by atoms with Crippen molar-refractivity contribution in [1.82, 2.24) is 9.97 Å². The third-order valence-corrected chi connectivity index (χ3v) is 3.96. The maximum absolute atomic E-state index is 13.6. The molecule has 1 amide bonds. The molecular weight excluding hydrogens is 375 g/mol. The lowest BCUT2D eigenvalue weighted by molar-refractivity contribution is 0.0526. The van der Waals surface area contributed by atoms with Crippen molar-refractivity contribution in [2.45, 2.75) is 13.5 Å². The summed E-state index contributed by atoms with van der Waals surface area (Å²) in [5, 5.41) is 5.61. The Morgan fingerprint density at radius 1 is 1.00 bits per heavy atom. The maximum Gasteiger partial charge on any atom is 0.338 e. The Bertz CT molecular complexity index is 992. The molecule has 0 aliphatic heterocycles. The number of carbonyl (C=O) groups excluding carboxylic acids is 2. The summed E-state index contributed by atoms with van der Waals surface area (Å²) in [5.74, 6) is -0.847. The van der Waals surface area contributed by atoms with E-state index in [1.165, 1.54) is 18.5 Å². The minimum atomic E-state index is -0.419. The van der Waals surface area contributed by atoms with Gasteiger partial charge in [0, 0.05) is 30.2 Å². The van der Waals surface area contributed by atoms with Crippen LogP contribution in [0.4, 0.5) is 16.0 Å². The Kier molecular flexibility index (Phi) is 6.47. The normalized spacial score (nSPS) is 10.3. The van der Waals surface area contributed by atoms with E-state index >= 15 is 0 Å². The van der Waals surface area contributed by atoms with E-state index in [1.54, 1.807) is 49.4 Å². The molecule has 8 heteroatoms. The fraction of sp³-hybridized carbons (Fsp3) is 0.143. The molecule has 0 unspecified atom stereocenters. The fourth-order valence-electron chi connectivity index (χ4n) is 2.46. The Morgan fingerprint density at radius 2 is 1.69 bits per heavy atom. The number of nitrogens with zero attached hydrogens (tertiary/aromatic N) is 2. The van der Waals surface area contributed by atoms with E-state index in [0.29, 0.717) is 23.4 Å². The molecule has 7 nitrogen and oxygen atoms in total. The standard InChI is InChI=1S/C21H19FN4O3/c1-2-29-20(28)14-7-9-17(10-8-14)26-19(27)16-12-24-21(25-13-16)23-11-15-5-3-4-6-18(15)22/h3-10,12-13H,2,11H2,1H3,(H,26,27)(H,23,24,25). The van der Waals surface area contributed by atoms with Crippen LogP contribution < -0.4 is 10.6 Å². The van der Waals surface area contributed by atoms with Crippen LogP contribution in [-0.2, 0) is 11.3 Å². The van der Waals surface area contributed by atoms with Gasteiger partial charge in [-0.3, -0.25) is 4.79 Å². The van der Waals surface area contributed by atoms with E-state index in [9.17, 15) is 14.0 Å². The molecule has 0 aliphatic carbocycles. The highest BCUT2D eigenvalue weighted by atomic mass is 19.1. The Balaban J connectivity index is 1.57. The van der Waals surface area contributed by atoms with Crippen molar-refractivity contribution in [3.05, 3.63) is 83.4 Å². The molecule has 148 valence electrons. The summed E-state index contributed by atoms with van der Waals surface area (Å²) in [6.07, 6.45) is 2.75. The van der Waals surface area contributed by atoms with Crippen LogP contribution in [0.1, 0.15) is 33.2 Å². The molecule has 0 bridgehead atoms. The number of ether oxygens (including phenoxy) is 1. The second-order valence-electron chi connectivity index (χ2n) is 5.99. The van der Waals surface area contributed by atoms with Crippen LogP contribution in [0.15, 0.2) is 60.9 Å². The topological polar surface area (TPSA) is 93.2 Å². The summed E-state index contributed by atoms with van der Waals surface area (Å²) in [5.41, 5.74) is 1.67. The number of nitrogens with one attached hydrogen (secondary N) is 2. The molecule has 0 radical (unpaired) electrons.